The van der Waals surface area contributed by atoms with Crippen molar-refractivity contribution in [2.24, 2.45) is 0 Å². The molecule has 7 heteroatoms. The van der Waals surface area contributed by atoms with Crippen molar-refractivity contribution in [2.45, 2.75) is 44.1 Å². The molecule has 0 atom stereocenters. The van der Waals surface area contributed by atoms with Crippen molar-refractivity contribution in [3.8, 4) is 11.5 Å². The van der Waals surface area contributed by atoms with E-state index in [2.05, 4.69) is 10.3 Å². The second kappa shape index (κ2) is 7.54. The zero-order valence-corrected chi connectivity index (χ0v) is 16.5. The standard InChI is InChI=1S/C22H26N4O3/c27-21(25-13-9-17(10-14-25)26-12-4-11-23-22(26)28)18-19(15-7-8-15)29-20(24-18)16-5-2-1-3-6-16/h1-3,5-6,15,17H,4,7-14H2,(H,23,28). The van der Waals surface area contributed by atoms with Crippen LogP contribution in [-0.2, 0) is 0 Å². The van der Waals surface area contributed by atoms with Gasteiger partial charge in [-0.25, -0.2) is 9.78 Å². The average molecular weight is 394 g/mol. The molecule has 1 N–H and O–H groups in total. The van der Waals surface area contributed by atoms with E-state index >= 15 is 0 Å². The highest BCUT2D eigenvalue weighted by Gasteiger charge is 2.37. The number of aromatic nitrogens is 1. The molecule has 29 heavy (non-hydrogen) atoms. The Morgan fingerprint density at radius 1 is 1.07 bits per heavy atom. The van der Waals surface area contributed by atoms with Gasteiger partial charge in [-0.15, -0.1) is 0 Å². The lowest BCUT2D eigenvalue weighted by atomic mass is 10.0. The minimum atomic E-state index is -0.0422. The fourth-order valence-electron chi connectivity index (χ4n) is 4.34. The topological polar surface area (TPSA) is 78.7 Å². The number of hydrogen-bond donors (Lipinski definition) is 1. The van der Waals surface area contributed by atoms with Gasteiger partial charge < -0.3 is 19.5 Å². The van der Waals surface area contributed by atoms with Crippen molar-refractivity contribution < 1.29 is 14.0 Å². The lowest BCUT2D eigenvalue weighted by Crippen LogP contribution is -2.54. The van der Waals surface area contributed by atoms with Gasteiger partial charge in [0.05, 0.1) is 0 Å². The van der Waals surface area contributed by atoms with E-state index in [-0.39, 0.29) is 18.0 Å². The fraction of sp³-hybridized carbons (Fsp3) is 0.500. The number of amides is 3. The highest BCUT2D eigenvalue weighted by atomic mass is 16.4. The van der Waals surface area contributed by atoms with Crippen LogP contribution >= 0.6 is 0 Å². The number of urea groups is 1. The van der Waals surface area contributed by atoms with Crippen LogP contribution in [0.4, 0.5) is 4.79 Å². The summed E-state index contributed by atoms with van der Waals surface area (Å²) < 4.78 is 6.05. The second-order valence-electron chi connectivity index (χ2n) is 8.17. The van der Waals surface area contributed by atoms with E-state index in [0.29, 0.717) is 30.6 Å². The average Bonchev–Trinajstić information content (AvgIpc) is 3.52. The van der Waals surface area contributed by atoms with Gasteiger partial charge in [-0.1, -0.05) is 18.2 Å². The number of oxazole rings is 1. The third-order valence-electron chi connectivity index (χ3n) is 6.13. The molecule has 3 amide bonds. The van der Waals surface area contributed by atoms with Crippen LogP contribution < -0.4 is 5.32 Å². The summed E-state index contributed by atoms with van der Waals surface area (Å²) in [5, 5.41) is 2.92. The van der Waals surface area contributed by atoms with Crippen LogP contribution in [-0.4, -0.2) is 58.9 Å². The molecule has 2 saturated heterocycles. The Morgan fingerprint density at radius 2 is 1.83 bits per heavy atom. The lowest BCUT2D eigenvalue weighted by molar-refractivity contribution is 0.0635. The van der Waals surface area contributed by atoms with Crippen LogP contribution in [0.15, 0.2) is 34.7 Å². The molecule has 5 rings (SSSR count). The third-order valence-corrected chi connectivity index (χ3v) is 6.13. The van der Waals surface area contributed by atoms with Gasteiger partial charge in [-0.2, -0.15) is 0 Å². The van der Waals surface area contributed by atoms with Gasteiger partial charge in [0.15, 0.2) is 5.69 Å². The molecule has 3 heterocycles. The summed E-state index contributed by atoms with van der Waals surface area (Å²) in [7, 11) is 0. The minimum absolute atomic E-state index is 0.0288. The normalized spacial score (nSPS) is 20.6. The molecular weight excluding hydrogens is 368 g/mol. The Hall–Kier alpha value is -2.83. The molecule has 0 unspecified atom stereocenters. The minimum Gasteiger partial charge on any atom is -0.440 e. The molecule has 1 aromatic heterocycles. The number of nitrogens with one attached hydrogen (secondary N) is 1. The number of hydrogen-bond acceptors (Lipinski definition) is 4. The summed E-state index contributed by atoms with van der Waals surface area (Å²) in [4.78, 5) is 33.8. The Bertz CT molecular complexity index is 898. The van der Waals surface area contributed by atoms with Crippen molar-refractivity contribution in [2.75, 3.05) is 26.2 Å². The number of likely N-dealkylation sites (tertiary alicyclic amines) is 1. The maximum atomic E-state index is 13.3. The van der Waals surface area contributed by atoms with E-state index in [1.165, 1.54) is 0 Å². The highest BCUT2D eigenvalue weighted by Crippen LogP contribution is 2.43. The predicted octanol–water partition coefficient (Wildman–Crippen LogP) is 3.24. The number of carbonyl (C=O) groups is 2. The molecule has 3 aliphatic rings. The summed E-state index contributed by atoms with van der Waals surface area (Å²) in [6.45, 7) is 2.85. The highest BCUT2D eigenvalue weighted by molar-refractivity contribution is 5.94. The van der Waals surface area contributed by atoms with E-state index in [9.17, 15) is 9.59 Å². The van der Waals surface area contributed by atoms with E-state index in [1.54, 1.807) is 0 Å². The number of rotatable bonds is 4. The van der Waals surface area contributed by atoms with Gasteiger partial charge >= 0.3 is 6.03 Å². The quantitative estimate of drug-likeness (QED) is 0.863. The molecule has 7 nitrogen and oxygen atoms in total. The van der Waals surface area contributed by atoms with E-state index in [1.807, 2.05) is 40.1 Å². The summed E-state index contributed by atoms with van der Waals surface area (Å²) in [6.07, 6.45) is 4.70. The molecule has 0 radical (unpaired) electrons. The Balaban J connectivity index is 1.31. The van der Waals surface area contributed by atoms with E-state index < -0.39 is 0 Å². The molecule has 0 bridgehead atoms. The van der Waals surface area contributed by atoms with Crippen LogP contribution in [0.5, 0.6) is 0 Å². The maximum absolute atomic E-state index is 13.3. The zero-order valence-electron chi connectivity index (χ0n) is 16.5. The van der Waals surface area contributed by atoms with Crippen molar-refractivity contribution in [3.63, 3.8) is 0 Å². The van der Waals surface area contributed by atoms with Gasteiger partial charge in [0.25, 0.3) is 5.91 Å². The third kappa shape index (κ3) is 3.61. The van der Waals surface area contributed by atoms with Crippen LogP contribution in [0.2, 0.25) is 0 Å². The zero-order chi connectivity index (χ0) is 19.8. The molecule has 3 fully saturated rings. The van der Waals surface area contributed by atoms with Gasteiger partial charge in [0.1, 0.15) is 5.76 Å². The Morgan fingerprint density at radius 3 is 2.52 bits per heavy atom. The van der Waals surface area contributed by atoms with Crippen LogP contribution in [0.25, 0.3) is 11.5 Å². The SMILES string of the molecule is O=C(c1nc(-c2ccccc2)oc1C1CC1)N1CCC(N2CCCNC2=O)CC1. The van der Waals surface area contributed by atoms with Crippen molar-refractivity contribution in [3.05, 3.63) is 41.8 Å². The number of carbonyl (C=O) groups excluding carboxylic acids is 2. The summed E-state index contributed by atoms with van der Waals surface area (Å²) >= 11 is 0. The van der Waals surface area contributed by atoms with Crippen LogP contribution in [0, 0.1) is 0 Å². The molecule has 2 aliphatic heterocycles. The molecule has 0 spiro atoms. The Labute approximate surface area is 170 Å². The second-order valence-corrected chi connectivity index (χ2v) is 8.17. The Kier molecular flexibility index (Phi) is 4.73. The first-order valence-corrected chi connectivity index (χ1v) is 10.6. The van der Waals surface area contributed by atoms with E-state index in [0.717, 1.165) is 56.5 Å². The van der Waals surface area contributed by atoms with Crippen molar-refractivity contribution in [1.29, 1.82) is 0 Å². The molecule has 1 aromatic carbocycles. The molecule has 2 aromatic rings. The van der Waals surface area contributed by atoms with Crippen LogP contribution in [0.3, 0.4) is 0 Å². The van der Waals surface area contributed by atoms with Crippen molar-refractivity contribution >= 4 is 11.9 Å². The number of nitrogens with zero attached hydrogens (tertiary/aromatic N) is 3. The maximum Gasteiger partial charge on any atom is 0.317 e. The summed E-state index contributed by atoms with van der Waals surface area (Å²) in [5.74, 6) is 1.54. The van der Waals surface area contributed by atoms with Crippen LogP contribution in [0.1, 0.15) is 54.3 Å². The van der Waals surface area contributed by atoms with E-state index in [4.69, 9.17) is 4.42 Å². The smallest absolute Gasteiger partial charge is 0.317 e. The first-order chi connectivity index (χ1) is 14.2. The largest absolute Gasteiger partial charge is 0.440 e. The monoisotopic (exact) mass is 394 g/mol. The fourth-order valence-corrected chi connectivity index (χ4v) is 4.34. The molecule has 1 aliphatic carbocycles. The van der Waals surface area contributed by atoms with Gasteiger partial charge in [-0.05, 0) is 44.2 Å². The number of piperidine rings is 1. The predicted molar refractivity (Wildman–Crippen MR) is 108 cm³/mol. The first-order valence-electron chi connectivity index (χ1n) is 10.6. The summed E-state index contributed by atoms with van der Waals surface area (Å²) in [5.41, 5.74) is 1.36. The van der Waals surface area contributed by atoms with Gasteiger partial charge in [0, 0.05) is 43.7 Å². The first kappa shape index (κ1) is 18.2. The van der Waals surface area contributed by atoms with Crippen molar-refractivity contribution in [1.82, 2.24) is 20.1 Å². The molecule has 1 saturated carbocycles. The molecular formula is C22H26N4O3. The van der Waals surface area contributed by atoms with Gasteiger partial charge in [-0.3, -0.25) is 4.79 Å². The summed E-state index contributed by atoms with van der Waals surface area (Å²) in [6, 6.07) is 9.98. The van der Waals surface area contributed by atoms with Gasteiger partial charge in [0.2, 0.25) is 5.89 Å². The number of benzene rings is 1. The lowest BCUT2D eigenvalue weighted by Gasteiger charge is -2.40. The molecule has 152 valence electrons.